The highest BCUT2D eigenvalue weighted by Crippen LogP contribution is 2.31. The van der Waals surface area contributed by atoms with Gasteiger partial charge in [-0.15, -0.1) is 0 Å². The fraction of sp³-hybridized carbons (Fsp3) is 0.278. The first-order valence-corrected chi connectivity index (χ1v) is 7.31. The summed E-state index contributed by atoms with van der Waals surface area (Å²) in [4.78, 5) is 12.5. The van der Waals surface area contributed by atoms with Crippen molar-refractivity contribution in [3.63, 3.8) is 0 Å². The Hall–Kier alpha value is -2.33. The summed E-state index contributed by atoms with van der Waals surface area (Å²) in [6.07, 6.45) is -0.0214. The molecule has 1 amide bonds. The van der Waals surface area contributed by atoms with E-state index in [1.807, 2.05) is 37.3 Å². The number of hydrogen-bond acceptors (Lipinski definition) is 3. The number of rotatable bonds is 3. The molecule has 2 atom stereocenters. The van der Waals surface area contributed by atoms with Crippen LogP contribution in [0.1, 0.15) is 33.1 Å². The van der Waals surface area contributed by atoms with Crippen LogP contribution in [0.2, 0.25) is 0 Å². The predicted octanol–water partition coefficient (Wildman–Crippen LogP) is 2.39. The Morgan fingerprint density at radius 1 is 1.27 bits per heavy atom. The lowest BCUT2D eigenvalue weighted by atomic mass is 10.1. The van der Waals surface area contributed by atoms with Crippen molar-refractivity contribution in [1.82, 2.24) is 5.32 Å². The Morgan fingerprint density at radius 2 is 2.05 bits per heavy atom. The van der Waals surface area contributed by atoms with Gasteiger partial charge in [0.15, 0.2) is 0 Å². The van der Waals surface area contributed by atoms with Crippen LogP contribution in [0.25, 0.3) is 0 Å². The fourth-order valence-electron chi connectivity index (χ4n) is 2.93. The highest BCUT2D eigenvalue weighted by Gasteiger charge is 2.32. The highest BCUT2D eigenvalue weighted by atomic mass is 16.5. The maximum atomic E-state index is 12.5. The number of aryl methyl sites for hydroxylation is 1. The zero-order valence-corrected chi connectivity index (χ0v) is 12.7. The maximum Gasteiger partial charge on any atom is 0.251 e. The van der Waals surface area contributed by atoms with Gasteiger partial charge in [0.1, 0.15) is 5.75 Å². The lowest BCUT2D eigenvalue weighted by Gasteiger charge is -2.18. The number of carbonyl (C=O) groups is 1. The van der Waals surface area contributed by atoms with E-state index in [4.69, 9.17) is 4.74 Å². The number of amides is 1. The van der Waals surface area contributed by atoms with Gasteiger partial charge < -0.3 is 15.2 Å². The molecule has 0 unspecified atom stereocenters. The van der Waals surface area contributed by atoms with Crippen molar-refractivity contribution in [3.8, 4) is 5.75 Å². The van der Waals surface area contributed by atoms with Crippen LogP contribution in [0.15, 0.2) is 42.5 Å². The smallest absolute Gasteiger partial charge is 0.251 e. The quantitative estimate of drug-likeness (QED) is 0.914. The molecule has 22 heavy (non-hydrogen) atoms. The normalized spacial score (nSPS) is 19.6. The summed E-state index contributed by atoms with van der Waals surface area (Å²) in [6.45, 7) is 1.93. The Bertz CT molecular complexity index is 711. The van der Waals surface area contributed by atoms with Crippen LogP contribution in [0.3, 0.4) is 0 Å². The number of aliphatic hydroxyl groups excluding tert-OH is 1. The number of benzene rings is 2. The summed E-state index contributed by atoms with van der Waals surface area (Å²) in [6, 6.07) is 12.8. The summed E-state index contributed by atoms with van der Waals surface area (Å²) in [5, 5.41) is 13.1. The second-order valence-electron chi connectivity index (χ2n) is 5.61. The molecule has 0 aromatic heterocycles. The number of ether oxygens (including phenoxy) is 1. The van der Waals surface area contributed by atoms with Crippen LogP contribution in [0.4, 0.5) is 0 Å². The van der Waals surface area contributed by atoms with E-state index >= 15 is 0 Å². The molecule has 0 radical (unpaired) electrons. The van der Waals surface area contributed by atoms with E-state index in [1.54, 1.807) is 19.2 Å². The van der Waals surface area contributed by atoms with Crippen molar-refractivity contribution in [3.05, 3.63) is 64.7 Å². The summed E-state index contributed by atoms with van der Waals surface area (Å²) < 4.78 is 5.25. The summed E-state index contributed by atoms with van der Waals surface area (Å²) in [5.74, 6) is 0.471. The van der Waals surface area contributed by atoms with Crippen LogP contribution in [-0.4, -0.2) is 24.2 Å². The molecular weight excluding hydrogens is 278 g/mol. The minimum absolute atomic E-state index is 0.209. The van der Waals surface area contributed by atoms with Crippen LogP contribution in [-0.2, 0) is 6.42 Å². The zero-order chi connectivity index (χ0) is 15.7. The van der Waals surface area contributed by atoms with E-state index in [0.29, 0.717) is 17.7 Å². The van der Waals surface area contributed by atoms with Crippen molar-refractivity contribution in [2.24, 2.45) is 0 Å². The first kappa shape index (κ1) is 14.6. The molecule has 0 bridgehead atoms. The minimum Gasteiger partial charge on any atom is -0.496 e. The molecule has 1 aliphatic rings. The van der Waals surface area contributed by atoms with E-state index in [0.717, 1.165) is 16.7 Å². The van der Waals surface area contributed by atoms with E-state index in [9.17, 15) is 9.90 Å². The molecule has 4 nitrogen and oxygen atoms in total. The predicted molar refractivity (Wildman–Crippen MR) is 84.1 cm³/mol. The molecule has 0 saturated heterocycles. The standard InChI is InChI=1S/C18H19NO3/c1-11-7-8-13(10-16(11)22-2)18(21)19-17-14-6-4-3-5-12(14)9-15(17)20/h3-8,10,15,17,20H,9H2,1-2H3,(H,19,21)/t15-,17+/m0/s1. The third-order valence-electron chi connectivity index (χ3n) is 4.16. The van der Waals surface area contributed by atoms with Gasteiger partial charge in [0.2, 0.25) is 0 Å². The van der Waals surface area contributed by atoms with E-state index in [2.05, 4.69) is 5.32 Å². The molecule has 2 aromatic rings. The Labute approximate surface area is 129 Å². The minimum atomic E-state index is -0.589. The van der Waals surface area contributed by atoms with Crippen molar-refractivity contribution in [2.45, 2.75) is 25.5 Å². The largest absolute Gasteiger partial charge is 0.496 e. The van der Waals surface area contributed by atoms with Crippen LogP contribution < -0.4 is 10.1 Å². The molecule has 0 heterocycles. The second kappa shape index (κ2) is 5.81. The van der Waals surface area contributed by atoms with Crippen LogP contribution in [0.5, 0.6) is 5.75 Å². The van der Waals surface area contributed by atoms with Gasteiger partial charge >= 0.3 is 0 Å². The topological polar surface area (TPSA) is 58.6 Å². The number of hydrogen-bond donors (Lipinski definition) is 2. The van der Waals surface area contributed by atoms with Crippen molar-refractivity contribution < 1.29 is 14.6 Å². The number of fused-ring (bicyclic) bond motifs is 1. The van der Waals surface area contributed by atoms with Gasteiger partial charge in [0.05, 0.1) is 19.3 Å². The third-order valence-corrected chi connectivity index (χ3v) is 4.16. The van der Waals surface area contributed by atoms with Gasteiger partial charge in [-0.2, -0.15) is 0 Å². The lowest BCUT2D eigenvalue weighted by molar-refractivity contribution is 0.0858. The average Bonchev–Trinajstić information content (AvgIpc) is 2.84. The van der Waals surface area contributed by atoms with Crippen molar-refractivity contribution in [2.75, 3.05) is 7.11 Å². The number of carbonyl (C=O) groups excluding carboxylic acids is 1. The molecule has 2 N–H and O–H groups in total. The van der Waals surface area contributed by atoms with Crippen LogP contribution >= 0.6 is 0 Å². The van der Waals surface area contributed by atoms with Gasteiger partial charge in [-0.05, 0) is 35.7 Å². The fourth-order valence-corrected chi connectivity index (χ4v) is 2.93. The molecule has 0 aliphatic heterocycles. The van der Waals surface area contributed by atoms with E-state index in [1.165, 1.54) is 0 Å². The average molecular weight is 297 g/mol. The van der Waals surface area contributed by atoms with Gasteiger partial charge in [0.25, 0.3) is 5.91 Å². The SMILES string of the molecule is COc1cc(C(=O)N[C@@H]2c3ccccc3C[C@@H]2O)ccc1C. The summed E-state index contributed by atoms with van der Waals surface area (Å²) in [7, 11) is 1.58. The Balaban J connectivity index is 1.83. The molecule has 0 saturated carbocycles. The van der Waals surface area contributed by atoms with Crippen molar-refractivity contribution in [1.29, 1.82) is 0 Å². The first-order valence-electron chi connectivity index (χ1n) is 7.31. The van der Waals surface area contributed by atoms with Gasteiger partial charge in [-0.3, -0.25) is 4.79 Å². The van der Waals surface area contributed by atoms with Crippen molar-refractivity contribution >= 4 is 5.91 Å². The second-order valence-corrected chi connectivity index (χ2v) is 5.61. The maximum absolute atomic E-state index is 12.5. The third kappa shape index (κ3) is 2.57. The van der Waals surface area contributed by atoms with Gasteiger partial charge in [-0.1, -0.05) is 30.3 Å². The number of aliphatic hydroxyl groups is 1. The monoisotopic (exact) mass is 297 g/mol. The molecule has 4 heteroatoms. The molecule has 3 rings (SSSR count). The summed E-state index contributed by atoms with van der Waals surface area (Å²) in [5.41, 5.74) is 3.58. The highest BCUT2D eigenvalue weighted by molar-refractivity contribution is 5.95. The molecule has 2 aromatic carbocycles. The van der Waals surface area contributed by atoms with Crippen LogP contribution in [0, 0.1) is 6.92 Å². The lowest BCUT2D eigenvalue weighted by Crippen LogP contribution is -2.33. The first-order chi connectivity index (χ1) is 10.6. The molecule has 1 aliphatic carbocycles. The molecular formula is C18H19NO3. The Kier molecular flexibility index (Phi) is 3.86. The zero-order valence-electron chi connectivity index (χ0n) is 12.7. The van der Waals surface area contributed by atoms with E-state index in [-0.39, 0.29) is 11.9 Å². The van der Waals surface area contributed by atoms with E-state index < -0.39 is 6.10 Å². The molecule has 0 spiro atoms. The number of nitrogens with one attached hydrogen (secondary N) is 1. The molecule has 114 valence electrons. The Morgan fingerprint density at radius 3 is 2.82 bits per heavy atom. The summed E-state index contributed by atoms with van der Waals surface area (Å²) >= 11 is 0. The number of methoxy groups -OCH3 is 1. The molecule has 0 fully saturated rings. The van der Waals surface area contributed by atoms with Gasteiger partial charge in [0, 0.05) is 12.0 Å². The van der Waals surface area contributed by atoms with Gasteiger partial charge in [-0.25, -0.2) is 0 Å².